The molecular formula is C25H25N5O4. The zero-order valence-corrected chi connectivity index (χ0v) is 18.9. The third kappa shape index (κ3) is 5.05. The fraction of sp³-hybridized carbons (Fsp3) is 0.200. The van der Waals surface area contributed by atoms with Crippen LogP contribution in [0.4, 0.5) is 0 Å². The number of ether oxygens (including phenoxy) is 2. The van der Waals surface area contributed by atoms with Gasteiger partial charge in [-0.25, -0.2) is 4.68 Å². The molecule has 3 aromatic carbocycles. The van der Waals surface area contributed by atoms with Gasteiger partial charge in [0.1, 0.15) is 6.33 Å². The van der Waals surface area contributed by atoms with Crippen molar-refractivity contribution in [2.45, 2.75) is 13.0 Å². The second kappa shape index (κ2) is 10.6. The third-order valence-electron chi connectivity index (χ3n) is 5.44. The Kier molecular flexibility index (Phi) is 7.14. The van der Waals surface area contributed by atoms with Crippen LogP contribution in [-0.2, 0) is 13.0 Å². The van der Waals surface area contributed by atoms with Crippen LogP contribution in [0, 0.1) is 0 Å². The molecule has 34 heavy (non-hydrogen) atoms. The molecule has 1 heterocycles. The highest BCUT2D eigenvalue weighted by Gasteiger charge is 2.14. The van der Waals surface area contributed by atoms with Crippen molar-refractivity contribution in [2.75, 3.05) is 20.8 Å². The van der Waals surface area contributed by atoms with Gasteiger partial charge in [-0.1, -0.05) is 30.3 Å². The Hall–Kier alpha value is -4.24. The molecule has 0 atom stereocenters. The van der Waals surface area contributed by atoms with E-state index in [0.29, 0.717) is 35.7 Å². The topological polar surface area (TPSA) is 111 Å². The molecule has 0 spiro atoms. The summed E-state index contributed by atoms with van der Waals surface area (Å²) in [5, 5.41) is 24.1. The Labute approximate surface area is 197 Å². The van der Waals surface area contributed by atoms with Crippen LogP contribution < -0.4 is 14.8 Å². The van der Waals surface area contributed by atoms with Crippen LogP contribution in [-0.4, -0.2) is 52.0 Å². The molecule has 0 saturated heterocycles. The predicted molar refractivity (Wildman–Crippen MR) is 126 cm³/mol. The average molecular weight is 460 g/mol. The number of nitrogens with one attached hydrogen (secondary N) is 1. The highest BCUT2D eigenvalue weighted by atomic mass is 16.5. The van der Waals surface area contributed by atoms with E-state index in [1.165, 1.54) is 11.0 Å². The summed E-state index contributed by atoms with van der Waals surface area (Å²) in [4.78, 5) is 13.1. The molecule has 0 bridgehead atoms. The SMILES string of the molecule is COc1ccc(CCNC(=O)c2cc(-c3ccccc3CO)cc(-n3cnnn3)c2)cc1OC. The monoisotopic (exact) mass is 459 g/mol. The molecule has 1 amide bonds. The molecule has 0 unspecified atom stereocenters. The Morgan fingerprint density at radius 3 is 2.59 bits per heavy atom. The number of tetrazole rings is 1. The first-order valence-corrected chi connectivity index (χ1v) is 10.7. The van der Waals surface area contributed by atoms with E-state index in [1.807, 2.05) is 48.5 Å². The van der Waals surface area contributed by atoms with Gasteiger partial charge < -0.3 is 19.9 Å². The minimum absolute atomic E-state index is 0.113. The molecular weight excluding hydrogens is 434 g/mol. The number of aliphatic hydroxyl groups excluding tert-OH is 1. The van der Waals surface area contributed by atoms with Crippen molar-refractivity contribution in [1.82, 2.24) is 25.5 Å². The lowest BCUT2D eigenvalue weighted by Gasteiger charge is -2.13. The summed E-state index contributed by atoms with van der Waals surface area (Å²) in [6.45, 7) is 0.324. The Morgan fingerprint density at radius 2 is 1.85 bits per heavy atom. The summed E-state index contributed by atoms with van der Waals surface area (Å²) in [7, 11) is 3.18. The van der Waals surface area contributed by atoms with Crippen molar-refractivity contribution in [3.8, 4) is 28.3 Å². The molecule has 174 valence electrons. The maximum absolute atomic E-state index is 13.1. The number of rotatable bonds is 9. The van der Waals surface area contributed by atoms with Gasteiger partial charge in [-0.3, -0.25) is 4.79 Å². The number of carbonyl (C=O) groups excluding carboxylic acids is 1. The lowest BCUT2D eigenvalue weighted by Crippen LogP contribution is -2.26. The average Bonchev–Trinajstić information content (AvgIpc) is 3.43. The van der Waals surface area contributed by atoms with Crippen molar-refractivity contribution in [1.29, 1.82) is 0 Å². The van der Waals surface area contributed by atoms with E-state index in [2.05, 4.69) is 20.8 Å². The third-order valence-corrected chi connectivity index (χ3v) is 5.44. The van der Waals surface area contributed by atoms with Gasteiger partial charge in [0.15, 0.2) is 11.5 Å². The van der Waals surface area contributed by atoms with Gasteiger partial charge >= 0.3 is 0 Å². The van der Waals surface area contributed by atoms with Crippen LogP contribution >= 0.6 is 0 Å². The van der Waals surface area contributed by atoms with Crippen LogP contribution in [0.15, 0.2) is 67.0 Å². The van der Waals surface area contributed by atoms with Crippen LogP contribution in [0.3, 0.4) is 0 Å². The van der Waals surface area contributed by atoms with E-state index in [1.54, 1.807) is 26.4 Å². The van der Waals surface area contributed by atoms with Crippen LogP contribution in [0.25, 0.3) is 16.8 Å². The highest BCUT2D eigenvalue weighted by molar-refractivity contribution is 5.96. The second-order valence-corrected chi connectivity index (χ2v) is 7.53. The molecule has 9 nitrogen and oxygen atoms in total. The fourth-order valence-corrected chi connectivity index (χ4v) is 3.71. The molecule has 0 saturated carbocycles. The van der Waals surface area contributed by atoms with E-state index < -0.39 is 0 Å². The Morgan fingerprint density at radius 1 is 1.03 bits per heavy atom. The number of carbonyl (C=O) groups is 1. The normalized spacial score (nSPS) is 10.7. The summed E-state index contributed by atoms with van der Waals surface area (Å²) in [5.41, 5.74) is 4.49. The number of methoxy groups -OCH3 is 2. The minimum atomic E-state index is -0.224. The summed E-state index contributed by atoms with van der Waals surface area (Å²) < 4.78 is 12.1. The zero-order chi connectivity index (χ0) is 23.9. The van der Waals surface area contributed by atoms with Crippen LogP contribution in [0.2, 0.25) is 0 Å². The van der Waals surface area contributed by atoms with Crippen molar-refractivity contribution < 1.29 is 19.4 Å². The molecule has 2 N–H and O–H groups in total. The van der Waals surface area contributed by atoms with Crippen molar-refractivity contribution >= 4 is 5.91 Å². The van der Waals surface area contributed by atoms with Gasteiger partial charge in [0, 0.05) is 12.1 Å². The summed E-state index contributed by atoms with van der Waals surface area (Å²) >= 11 is 0. The van der Waals surface area contributed by atoms with E-state index >= 15 is 0 Å². The number of nitrogens with zero attached hydrogens (tertiary/aromatic N) is 4. The second-order valence-electron chi connectivity index (χ2n) is 7.53. The Bertz CT molecular complexity index is 1270. The number of hydrogen-bond donors (Lipinski definition) is 2. The first kappa shape index (κ1) is 22.9. The predicted octanol–water partition coefficient (Wildman–Crippen LogP) is 2.81. The van der Waals surface area contributed by atoms with Crippen molar-refractivity contribution in [3.05, 3.63) is 83.7 Å². The number of aromatic nitrogens is 4. The quantitative estimate of drug-likeness (QED) is 0.396. The van der Waals surface area contributed by atoms with E-state index in [-0.39, 0.29) is 12.5 Å². The first-order valence-electron chi connectivity index (χ1n) is 10.7. The number of amides is 1. The van der Waals surface area contributed by atoms with E-state index in [9.17, 15) is 9.90 Å². The maximum atomic E-state index is 13.1. The minimum Gasteiger partial charge on any atom is -0.493 e. The maximum Gasteiger partial charge on any atom is 0.251 e. The summed E-state index contributed by atoms with van der Waals surface area (Å²) in [6, 6.07) is 18.6. The molecule has 0 aliphatic carbocycles. The summed E-state index contributed by atoms with van der Waals surface area (Å²) in [5.74, 6) is 1.08. The number of aliphatic hydroxyl groups is 1. The van der Waals surface area contributed by atoms with E-state index in [0.717, 1.165) is 22.3 Å². The zero-order valence-electron chi connectivity index (χ0n) is 18.9. The number of hydrogen-bond acceptors (Lipinski definition) is 7. The molecule has 4 rings (SSSR count). The lowest BCUT2D eigenvalue weighted by molar-refractivity contribution is 0.0954. The molecule has 0 aliphatic heterocycles. The van der Waals surface area contributed by atoms with Gasteiger partial charge in [-0.05, 0) is 69.4 Å². The fourth-order valence-electron chi connectivity index (χ4n) is 3.71. The first-order chi connectivity index (χ1) is 16.6. The molecule has 0 fully saturated rings. The standard InChI is InChI=1S/C25H25N5O4/c1-33-23-8-7-17(11-24(23)34-2)9-10-26-25(32)20-12-19(22-6-4-3-5-18(22)15-31)13-21(14-20)30-16-27-28-29-30/h3-8,11-14,16,31H,9-10,15H2,1-2H3,(H,26,32). The van der Waals surface area contributed by atoms with Crippen LogP contribution in [0.1, 0.15) is 21.5 Å². The van der Waals surface area contributed by atoms with Gasteiger partial charge in [-0.15, -0.1) is 5.10 Å². The highest BCUT2D eigenvalue weighted by Crippen LogP contribution is 2.28. The van der Waals surface area contributed by atoms with Gasteiger partial charge in [0.05, 0.1) is 26.5 Å². The largest absolute Gasteiger partial charge is 0.493 e. The van der Waals surface area contributed by atoms with Crippen molar-refractivity contribution in [2.24, 2.45) is 0 Å². The number of benzene rings is 3. The molecule has 1 aromatic heterocycles. The van der Waals surface area contributed by atoms with Crippen LogP contribution in [0.5, 0.6) is 11.5 Å². The molecule has 0 aliphatic rings. The van der Waals surface area contributed by atoms with Gasteiger partial charge in [0.2, 0.25) is 0 Å². The van der Waals surface area contributed by atoms with Crippen molar-refractivity contribution in [3.63, 3.8) is 0 Å². The van der Waals surface area contributed by atoms with E-state index in [4.69, 9.17) is 9.47 Å². The summed E-state index contributed by atoms with van der Waals surface area (Å²) in [6.07, 6.45) is 2.09. The lowest BCUT2D eigenvalue weighted by atomic mass is 9.97. The molecule has 0 radical (unpaired) electrons. The molecule has 9 heteroatoms. The smallest absolute Gasteiger partial charge is 0.251 e. The molecule has 4 aromatic rings. The van der Waals surface area contributed by atoms with Gasteiger partial charge in [0.25, 0.3) is 5.91 Å². The Balaban J connectivity index is 1.57. The van der Waals surface area contributed by atoms with Gasteiger partial charge in [-0.2, -0.15) is 0 Å².